The van der Waals surface area contributed by atoms with Crippen LogP contribution in [0.3, 0.4) is 0 Å². The van der Waals surface area contributed by atoms with Crippen molar-refractivity contribution in [3.63, 3.8) is 0 Å². The Morgan fingerprint density at radius 1 is 1.53 bits per heavy atom. The number of halogens is 1. The summed E-state index contributed by atoms with van der Waals surface area (Å²) < 4.78 is 6.83. The number of nitrogens with zero attached hydrogens (tertiary/aromatic N) is 1. The molecule has 0 radical (unpaired) electrons. The second-order valence-electron chi connectivity index (χ2n) is 4.12. The predicted molar refractivity (Wildman–Crippen MR) is 68.8 cm³/mol. The number of rotatable bonds is 3. The highest BCUT2D eigenvalue weighted by atomic mass is 79.9. The van der Waals surface area contributed by atoms with Gasteiger partial charge in [-0.05, 0) is 22.9 Å². The van der Waals surface area contributed by atoms with Gasteiger partial charge in [0.15, 0.2) is 9.61 Å². The highest BCUT2D eigenvalue weighted by Crippen LogP contribution is 2.19. The first kappa shape index (κ1) is 12.9. The van der Waals surface area contributed by atoms with Crippen molar-refractivity contribution in [3.8, 4) is 0 Å². The van der Waals surface area contributed by atoms with Gasteiger partial charge in [-0.3, -0.25) is 0 Å². The van der Waals surface area contributed by atoms with Gasteiger partial charge < -0.3 is 4.74 Å². The van der Waals surface area contributed by atoms with Crippen LogP contribution in [0.2, 0.25) is 19.6 Å². The summed E-state index contributed by atoms with van der Waals surface area (Å²) in [7, 11) is -1.52. The molecule has 0 saturated carbocycles. The van der Waals surface area contributed by atoms with Gasteiger partial charge >= 0.3 is 5.97 Å². The molecule has 0 aliphatic rings. The van der Waals surface area contributed by atoms with Crippen molar-refractivity contribution in [2.75, 3.05) is 6.61 Å². The Hall–Kier alpha value is -0.203. The molecular weight excluding hydrogens is 294 g/mol. The molecule has 6 heteroatoms. The van der Waals surface area contributed by atoms with Crippen molar-refractivity contribution in [2.45, 2.75) is 26.6 Å². The minimum absolute atomic E-state index is 0.308. The summed E-state index contributed by atoms with van der Waals surface area (Å²) in [5.41, 5.74) is 0.493. The molecule has 15 heavy (non-hydrogen) atoms. The lowest BCUT2D eigenvalue weighted by molar-refractivity contribution is 0.0521. The molecule has 1 aromatic rings. The second-order valence-corrected chi connectivity index (χ2v) is 11.8. The number of esters is 1. The van der Waals surface area contributed by atoms with E-state index < -0.39 is 8.07 Å². The van der Waals surface area contributed by atoms with E-state index >= 15 is 0 Å². The van der Waals surface area contributed by atoms with Gasteiger partial charge in [0.25, 0.3) is 0 Å². The fourth-order valence-corrected chi connectivity index (χ4v) is 5.17. The molecule has 0 atom stereocenters. The standard InChI is InChI=1S/C9H14BrNO2SSi/c1-5-13-7(12)6-8(15(2,3)4)14-9(10)11-6/h5H2,1-4H3. The smallest absolute Gasteiger partial charge is 0.357 e. The van der Waals surface area contributed by atoms with Gasteiger partial charge in [0.2, 0.25) is 0 Å². The second kappa shape index (κ2) is 4.76. The first-order chi connectivity index (χ1) is 6.86. The van der Waals surface area contributed by atoms with Crippen LogP contribution in [0.5, 0.6) is 0 Å². The lowest BCUT2D eigenvalue weighted by atomic mass is 10.5. The monoisotopic (exact) mass is 307 g/mol. The quantitative estimate of drug-likeness (QED) is 0.636. The summed E-state index contributed by atoms with van der Waals surface area (Å²) in [6.45, 7) is 8.76. The average Bonchev–Trinajstić information content (AvgIpc) is 2.47. The molecule has 0 saturated heterocycles. The number of ether oxygens (including phenoxy) is 1. The van der Waals surface area contributed by atoms with Crippen molar-refractivity contribution in [3.05, 3.63) is 9.61 Å². The Morgan fingerprint density at radius 3 is 2.60 bits per heavy atom. The van der Waals surface area contributed by atoms with Crippen LogP contribution >= 0.6 is 27.3 Å². The van der Waals surface area contributed by atoms with E-state index in [1.165, 1.54) is 0 Å². The molecule has 0 aromatic carbocycles. The maximum atomic E-state index is 11.6. The number of hydrogen-bond donors (Lipinski definition) is 0. The lowest BCUT2D eigenvalue weighted by Crippen LogP contribution is -2.39. The molecular formula is C9H14BrNO2SSi. The fraction of sp³-hybridized carbons (Fsp3) is 0.556. The SMILES string of the molecule is CCOC(=O)c1nc(Br)sc1[Si](C)(C)C. The molecule has 0 N–H and O–H groups in total. The first-order valence-electron chi connectivity index (χ1n) is 4.70. The molecule has 0 aliphatic heterocycles. The van der Waals surface area contributed by atoms with E-state index in [0.29, 0.717) is 12.3 Å². The number of aromatic nitrogens is 1. The van der Waals surface area contributed by atoms with Crippen molar-refractivity contribution in [2.24, 2.45) is 0 Å². The molecule has 0 aliphatic carbocycles. The number of carbonyl (C=O) groups excluding carboxylic acids is 1. The normalized spacial score (nSPS) is 11.5. The largest absolute Gasteiger partial charge is 0.461 e. The van der Waals surface area contributed by atoms with Crippen LogP contribution in [-0.4, -0.2) is 25.6 Å². The summed E-state index contributed by atoms with van der Waals surface area (Å²) >= 11 is 4.86. The zero-order valence-corrected chi connectivity index (χ0v) is 12.7. The minimum atomic E-state index is -1.52. The Kier molecular flexibility index (Phi) is 4.08. The summed E-state index contributed by atoms with van der Waals surface area (Å²) in [5.74, 6) is -0.308. The van der Waals surface area contributed by atoms with Crippen LogP contribution in [-0.2, 0) is 4.74 Å². The summed E-state index contributed by atoms with van der Waals surface area (Å²) in [4.78, 5) is 15.8. The van der Waals surface area contributed by atoms with Crippen molar-refractivity contribution < 1.29 is 9.53 Å². The van der Waals surface area contributed by atoms with Crippen LogP contribution in [0.25, 0.3) is 0 Å². The zero-order chi connectivity index (χ0) is 11.6. The highest BCUT2D eigenvalue weighted by molar-refractivity contribution is 9.11. The van der Waals surface area contributed by atoms with E-state index in [0.717, 1.165) is 8.42 Å². The van der Waals surface area contributed by atoms with Crippen molar-refractivity contribution in [1.29, 1.82) is 0 Å². The van der Waals surface area contributed by atoms with Gasteiger partial charge in [0, 0.05) is 4.50 Å². The zero-order valence-electron chi connectivity index (χ0n) is 9.26. The minimum Gasteiger partial charge on any atom is -0.461 e. The topological polar surface area (TPSA) is 39.2 Å². The van der Waals surface area contributed by atoms with Crippen molar-refractivity contribution >= 4 is 45.8 Å². The van der Waals surface area contributed by atoms with Gasteiger partial charge in [-0.15, -0.1) is 11.3 Å². The first-order valence-corrected chi connectivity index (χ1v) is 9.81. The van der Waals surface area contributed by atoms with Gasteiger partial charge in [-0.2, -0.15) is 0 Å². The van der Waals surface area contributed by atoms with Crippen LogP contribution in [0.1, 0.15) is 17.4 Å². The van der Waals surface area contributed by atoms with E-state index in [9.17, 15) is 4.79 Å². The molecule has 0 unspecified atom stereocenters. The Labute approximate surface area is 103 Å². The van der Waals surface area contributed by atoms with Gasteiger partial charge in [-0.1, -0.05) is 19.6 Å². The molecule has 0 amide bonds. The third-order valence-corrected chi connectivity index (χ3v) is 6.81. The van der Waals surface area contributed by atoms with Gasteiger partial charge in [-0.25, -0.2) is 9.78 Å². The molecule has 3 nitrogen and oxygen atoms in total. The van der Waals surface area contributed by atoms with Crippen LogP contribution in [0, 0.1) is 0 Å². The van der Waals surface area contributed by atoms with Crippen LogP contribution in [0.15, 0.2) is 3.92 Å². The third-order valence-electron chi connectivity index (χ3n) is 1.75. The maximum absolute atomic E-state index is 11.6. The Morgan fingerprint density at radius 2 is 2.13 bits per heavy atom. The van der Waals surface area contributed by atoms with Gasteiger partial charge in [0.1, 0.15) is 0 Å². The molecule has 0 fully saturated rings. The molecule has 1 rings (SSSR count). The Balaban J connectivity index is 3.12. The number of thiazole rings is 1. The average molecular weight is 308 g/mol. The summed E-state index contributed by atoms with van der Waals surface area (Å²) in [5, 5.41) is 0. The third kappa shape index (κ3) is 3.12. The molecule has 0 bridgehead atoms. The van der Waals surface area contributed by atoms with Gasteiger partial charge in [0.05, 0.1) is 14.7 Å². The van der Waals surface area contributed by atoms with E-state index in [1.807, 2.05) is 0 Å². The lowest BCUT2D eigenvalue weighted by Gasteiger charge is -2.14. The van der Waals surface area contributed by atoms with Crippen LogP contribution < -0.4 is 4.50 Å². The highest BCUT2D eigenvalue weighted by Gasteiger charge is 2.28. The molecule has 0 spiro atoms. The maximum Gasteiger partial charge on any atom is 0.357 e. The molecule has 1 heterocycles. The summed E-state index contributed by atoms with van der Waals surface area (Å²) in [6, 6.07) is 0. The number of hydrogen-bond acceptors (Lipinski definition) is 4. The predicted octanol–water partition coefficient (Wildman–Crippen LogP) is 2.63. The fourth-order valence-electron chi connectivity index (χ4n) is 1.14. The van der Waals surface area contributed by atoms with Crippen LogP contribution in [0.4, 0.5) is 0 Å². The van der Waals surface area contributed by atoms with Crippen molar-refractivity contribution in [1.82, 2.24) is 4.98 Å². The Bertz CT molecular complexity index is 373. The molecule has 1 aromatic heterocycles. The number of carbonyl (C=O) groups is 1. The van der Waals surface area contributed by atoms with E-state index in [4.69, 9.17) is 4.74 Å². The van der Waals surface area contributed by atoms with E-state index in [-0.39, 0.29) is 5.97 Å². The van der Waals surface area contributed by atoms with E-state index in [2.05, 4.69) is 40.6 Å². The summed E-state index contributed by atoms with van der Waals surface area (Å²) in [6.07, 6.45) is 0. The van der Waals surface area contributed by atoms with E-state index in [1.54, 1.807) is 18.3 Å². The molecule has 84 valence electrons.